The lowest BCUT2D eigenvalue weighted by molar-refractivity contribution is -0.138. The van der Waals surface area contributed by atoms with Gasteiger partial charge in [0, 0.05) is 25.6 Å². The Morgan fingerprint density at radius 3 is 2.94 bits per heavy atom. The molecule has 1 heterocycles. The molecule has 1 aliphatic heterocycles. The first kappa shape index (κ1) is 12.9. The van der Waals surface area contributed by atoms with Gasteiger partial charge in [0.1, 0.15) is 6.10 Å². The third-order valence-corrected chi connectivity index (χ3v) is 2.40. The van der Waals surface area contributed by atoms with E-state index in [1.54, 1.807) is 6.92 Å². The standard InChI is InChI=1S/C10H18N2O4/c1-7(2-3-9(13)14)12-10(15)8-6-11-4-5-16-8/h7-8,11H,2-6H2,1H3,(H,12,15)(H,13,14). The molecule has 3 N–H and O–H groups in total. The predicted octanol–water partition coefficient (Wildman–Crippen LogP) is -0.656. The van der Waals surface area contributed by atoms with Gasteiger partial charge in [-0.3, -0.25) is 9.59 Å². The maximum Gasteiger partial charge on any atom is 0.303 e. The molecule has 1 aliphatic rings. The van der Waals surface area contributed by atoms with Gasteiger partial charge in [0.05, 0.1) is 6.61 Å². The SMILES string of the molecule is CC(CCC(=O)O)NC(=O)C1CNCCO1. The molecule has 1 fully saturated rings. The number of hydrogen-bond acceptors (Lipinski definition) is 4. The van der Waals surface area contributed by atoms with Gasteiger partial charge in [-0.1, -0.05) is 0 Å². The van der Waals surface area contributed by atoms with Crippen LogP contribution in [0.1, 0.15) is 19.8 Å². The zero-order valence-electron chi connectivity index (χ0n) is 9.36. The van der Waals surface area contributed by atoms with Crippen LogP contribution in [-0.2, 0) is 14.3 Å². The third kappa shape index (κ3) is 4.59. The summed E-state index contributed by atoms with van der Waals surface area (Å²) in [7, 11) is 0. The van der Waals surface area contributed by atoms with Crippen LogP contribution in [0.15, 0.2) is 0 Å². The van der Waals surface area contributed by atoms with Gasteiger partial charge < -0.3 is 20.5 Å². The van der Waals surface area contributed by atoms with Crippen LogP contribution < -0.4 is 10.6 Å². The zero-order valence-corrected chi connectivity index (χ0v) is 9.36. The van der Waals surface area contributed by atoms with E-state index in [1.807, 2.05) is 0 Å². The van der Waals surface area contributed by atoms with Crippen molar-refractivity contribution in [1.29, 1.82) is 0 Å². The van der Waals surface area contributed by atoms with Crippen molar-refractivity contribution in [2.75, 3.05) is 19.7 Å². The second-order valence-electron chi connectivity index (χ2n) is 3.91. The summed E-state index contributed by atoms with van der Waals surface area (Å²) in [5.41, 5.74) is 0. The van der Waals surface area contributed by atoms with Gasteiger partial charge in [0.15, 0.2) is 0 Å². The number of nitrogens with one attached hydrogen (secondary N) is 2. The Morgan fingerprint density at radius 2 is 2.38 bits per heavy atom. The van der Waals surface area contributed by atoms with E-state index >= 15 is 0 Å². The minimum Gasteiger partial charge on any atom is -0.481 e. The van der Waals surface area contributed by atoms with Crippen molar-refractivity contribution in [2.45, 2.75) is 31.9 Å². The molecule has 0 bridgehead atoms. The molecule has 0 aromatic heterocycles. The minimum atomic E-state index is -0.850. The highest BCUT2D eigenvalue weighted by Crippen LogP contribution is 2.00. The molecular weight excluding hydrogens is 212 g/mol. The molecule has 1 rings (SSSR count). The number of ether oxygens (including phenoxy) is 1. The van der Waals surface area contributed by atoms with Crippen molar-refractivity contribution >= 4 is 11.9 Å². The molecule has 16 heavy (non-hydrogen) atoms. The smallest absolute Gasteiger partial charge is 0.303 e. The highest BCUT2D eigenvalue weighted by molar-refractivity contribution is 5.81. The van der Waals surface area contributed by atoms with E-state index in [0.717, 1.165) is 6.54 Å². The number of carboxylic acid groups (broad SMARTS) is 1. The van der Waals surface area contributed by atoms with Gasteiger partial charge in [-0.25, -0.2) is 0 Å². The van der Waals surface area contributed by atoms with Gasteiger partial charge in [-0.2, -0.15) is 0 Å². The van der Waals surface area contributed by atoms with E-state index in [4.69, 9.17) is 9.84 Å². The predicted molar refractivity (Wildman–Crippen MR) is 57.1 cm³/mol. The molecule has 1 saturated heterocycles. The van der Waals surface area contributed by atoms with Crippen molar-refractivity contribution < 1.29 is 19.4 Å². The number of morpholine rings is 1. The maximum absolute atomic E-state index is 11.6. The Bertz CT molecular complexity index is 251. The van der Waals surface area contributed by atoms with E-state index in [2.05, 4.69) is 10.6 Å². The summed E-state index contributed by atoms with van der Waals surface area (Å²) in [5.74, 6) is -1.03. The largest absolute Gasteiger partial charge is 0.481 e. The lowest BCUT2D eigenvalue weighted by atomic mass is 10.1. The van der Waals surface area contributed by atoms with Crippen molar-refractivity contribution in [2.24, 2.45) is 0 Å². The van der Waals surface area contributed by atoms with Crippen LogP contribution in [0.2, 0.25) is 0 Å². The van der Waals surface area contributed by atoms with Crippen LogP contribution in [0.5, 0.6) is 0 Å². The number of aliphatic carboxylic acids is 1. The summed E-state index contributed by atoms with van der Waals surface area (Å²) >= 11 is 0. The molecule has 0 saturated carbocycles. The normalized spacial score (nSPS) is 22.4. The number of carbonyl (C=O) groups excluding carboxylic acids is 1. The molecule has 0 aromatic rings. The molecule has 2 unspecified atom stereocenters. The topological polar surface area (TPSA) is 87.7 Å². The number of carbonyl (C=O) groups is 2. The molecule has 0 aromatic carbocycles. The second kappa shape index (κ2) is 6.44. The molecule has 2 atom stereocenters. The van der Waals surface area contributed by atoms with Gasteiger partial charge in [-0.15, -0.1) is 0 Å². The second-order valence-corrected chi connectivity index (χ2v) is 3.91. The molecule has 0 radical (unpaired) electrons. The average Bonchev–Trinajstić information content (AvgIpc) is 2.27. The van der Waals surface area contributed by atoms with Gasteiger partial charge in [0.25, 0.3) is 5.91 Å². The Labute approximate surface area is 94.3 Å². The monoisotopic (exact) mass is 230 g/mol. The van der Waals surface area contributed by atoms with Crippen molar-refractivity contribution in [3.63, 3.8) is 0 Å². The first-order valence-corrected chi connectivity index (χ1v) is 5.44. The summed E-state index contributed by atoms with van der Waals surface area (Å²) in [6.45, 7) is 3.59. The molecule has 0 spiro atoms. The quantitative estimate of drug-likeness (QED) is 0.584. The lowest BCUT2D eigenvalue weighted by Gasteiger charge is -2.24. The van der Waals surface area contributed by atoms with Crippen LogP contribution >= 0.6 is 0 Å². The van der Waals surface area contributed by atoms with Crippen LogP contribution in [-0.4, -0.2) is 48.8 Å². The number of rotatable bonds is 5. The van der Waals surface area contributed by atoms with Gasteiger partial charge in [0.2, 0.25) is 0 Å². The fraction of sp³-hybridized carbons (Fsp3) is 0.800. The van der Waals surface area contributed by atoms with E-state index in [9.17, 15) is 9.59 Å². The highest BCUT2D eigenvalue weighted by Gasteiger charge is 2.22. The molecule has 92 valence electrons. The van der Waals surface area contributed by atoms with Gasteiger partial charge >= 0.3 is 5.97 Å². The van der Waals surface area contributed by atoms with Gasteiger partial charge in [-0.05, 0) is 13.3 Å². The van der Waals surface area contributed by atoms with E-state index in [1.165, 1.54) is 0 Å². The fourth-order valence-corrected chi connectivity index (χ4v) is 1.48. The minimum absolute atomic E-state index is 0.0607. The van der Waals surface area contributed by atoms with Crippen molar-refractivity contribution in [3.8, 4) is 0 Å². The molecule has 6 heteroatoms. The fourth-order valence-electron chi connectivity index (χ4n) is 1.48. The Morgan fingerprint density at radius 1 is 1.62 bits per heavy atom. The lowest BCUT2D eigenvalue weighted by Crippen LogP contribution is -2.49. The Kier molecular flexibility index (Phi) is 5.21. The molecular formula is C10H18N2O4. The van der Waals surface area contributed by atoms with E-state index < -0.39 is 12.1 Å². The summed E-state index contributed by atoms with van der Waals surface area (Å²) in [6, 6.07) is -0.144. The van der Waals surface area contributed by atoms with Crippen LogP contribution in [0, 0.1) is 0 Å². The van der Waals surface area contributed by atoms with E-state index in [0.29, 0.717) is 19.6 Å². The first-order chi connectivity index (χ1) is 7.59. The highest BCUT2D eigenvalue weighted by atomic mass is 16.5. The number of hydrogen-bond donors (Lipinski definition) is 3. The summed E-state index contributed by atoms with van der Waals surface area (Å²) < 4.78 is 5.28. The summed E-state index contributed by atoms with van der Waals surface area (Å²) in [4.78, 5) is 22.0. The Hall–Kier alpha value is -1.14. The van der Waals surface area contributed by atoms with Crippen molar-refractivity contribution in [1.82, 2.24) is 10.6 Å². The maximum atomic E-state index is 11.6. The Balaban J connectivity index is 2.23. The van der Waals surface area contributed by atoms with Crippen LogP contribution in [0.4, 0.5) is 0 Å². The molecule has 6 nitrogen and oxygen atoms in total. The molecule has 1 amide bonds. The number of amides is 1. The summed E-state index contributed by atoms with van der Waals surface area (Å²) in [6.07, 6.45) is 0.0351. The van der Waals surface area contributed by atoms with E-state index in [-0.39, 0.29) is 18.4 Å². The molecule has 0 aliphatic carbocycles. The average molecular weight is 230 g/mol. The number of carboxylic acids is 1. The zero-order chi connectivity index (χ0) is 12.0. The van der Waals surface area contributed by atoms with Crippen LogP contribution in [0.25, 0.3) is 0 Å². The first-order valence-electron chi connectivity index (χ1n) is 5.44. The van der Waals surface area contributed by atoms with Crippen molar-refractivity contribution in [3.05, 3.63) is 0 Å². The third-order valence-electron chi connectivity index (χ3n) is 2.40. The van der Waals surface area contributed by atoms with Crippen LogP contribution in [0.3, 0.4) is 0 Å². The summed E-state index contributed by atoms with van der Waals surface area (Å²) in [5, 5.41) is 14.3.